The lowest BCUT2D eigenvalue weighted by atomic mass is 9.81. The van der Waals surface area contributed by atoms with Gasteiger partial charge in [-0.3, -0.25) is 9.59 Å². The first-order valence-corrected chi connectivity index (χ1v) is 10.4. The van der Waals surface area contributed by atoms with Crippen molar-refractivity contribution in [2.24, 2.45) is 5.92 Å². The van der Waals surface area contributed by atoms with E-state index in [-0.39, 0.29) is 24.8 Å². The van der Waals surface area contributed by atoms with Crippen molar-refractivity contribution in [2.45, 2.75) is 44.1 Å². The fraction of sp³-hybridized carbons (Fsp3) is 0.591. The number of methoxy groups -OCH3 is 4. The third-order valence-electron chi connectivity index (χ3n) is 6.10. The van der Waals surface area contributed by atoms with Crippen molar-refractivity contribution in [2.75, 3.05) is 39.9 Å². The largest absolute Gasteiger partial charge is 0.493 e. The van der Waals surface area contributed by atoms with Gasteiger partial charge in [-0.15, -0.1) is 0 Å². The second kappa shape index (κ2) is 9.45. The van der Waals surface area contributed by atoms with Gasteiger partial charge in [0.2, 0.25) is 17.6 Å². The minimum Gasteiger partial charge on any atom is -0.493 e. The minimum atomic E-state index is -1.01. The highest BCUT2D eigenvalue weighted by Crippen LogP contribution is 2.42. The van der Waals surface area contributed by atoms with Crippen LogP contribution in [-0.4, -0.2) is 58.3 Å². The van der Waals surface area contributed by atoms with E-state index in [9.17, 15) is 14.4 Å². The molecule has 2 amide bonds. The van der Waals surface area contributed by atoms with Crippen molar-refractivity contribution in [3.8, 4) is 17.2 Å². The van der Waals surface area contributed by atoms with E-state index in [0.717, 1.165) is 19.3 Å². The van der Waals surface area contributed by atoms with E-state index < -0.39 is 17.4 Å². The first-order chi connectivity index (χ1) is 14.9. The number of anilines is 1. The van der Waals surface area contributed by atoms with Crippen LogP contribution in [-0.2, 0) is 19.1 Å². The van der Waals surface area contributed by atoms with E-state index in [1.54, 1.807) is 12.1 Å². The first kappa shape index (κ1) is 22.7. The normalized spacial score (nSPS) is 20.2. The molecule has 1 aromatic rings. The Kier molecular flexibility index (Phi) is 6.92. The van der Waals surface area contributed by atoms with Gasteiger partial charge in [0.05, 0.1) is 40.0 Å². The Morgan fingerprint density at radius 1 is 1.00 bits per heavy atom. The topological polar surface area (TPSA) is 103 Å². The highest BCUT2D eigenvalue weighted by Gasteiger charge is 2.45. The Morgan fingerprint density at radius 3 is 2.13 bits per heavy atom. The Labute approximate surface area is 182 Å². The maximum atomic E-state index is 13.0. The number of ether oxygens (including phenoxy) is 4. The van der Waals surface area contributed by atoms with Crippen molar-refractivity contribution in [1.82, 2.24) is 5.32 Å². The molecule has 1 aliphatic carbocycles. The molecule has 1 aliphatic heterocycles. The molecule has 2 fully saturated rings. The predicted octanol–water partition coefficient (Wildman–Crippen LogP) is 2.06. The Bertz CT molecular complexity index is 823. The lowest BCUT2D eigenvalue weighted by Gasteiger charge is -2.35. The third kappa shape index (κ3) is 4.40. The molecule has 1 N–H and O–H groups in total. The van der Waals surface area contributed by atoms with Crippen molar-refractivity contribution in [3.63, 3.8) is 0 Å². The van der Waals surface area contributed by atoms with E-state index in [1.165, 1.54) is 33.3 Å². The van der Waals surface area contributed by atoms with Crippen LogP contribution in [0.15, 0.2) is 12.1 Å². The van der Waals surface area contributed by atoms with Crippen molar-refractivity contribution < 1.29 is 33.3 Å². The van der Waals surface area contributed by atoms with Crippen LogP contribution >= 0.6 is 0 Å². The average molecular weight is 434 g/mol. The highest BCUT2D eigenvalue weighted by atomic mass is 16.5. The molecular formula is C22H30N2O7. The molecule has 1 saturated heterocycles. The predicted molar refractivity (Wildman–Crippen MR) is 113 cm³/mol. The quantitative estimate of drug-likeness (QED) is 0.655. The maximum Gasteiger partial charge on any atom is 0.331 e. The summed E-state index contributed by atoms with van der Waals surface area (Å²) in [6.45, 7) is 0.195. The number of rotatable bonds is 7. The fourth-order valence-electron chi connectivity index (χ4n) is 4.42. The van der Waals surface area contributed by atoms with Gasteiger partial charge in [-0.05, 0) is 12.8 Å². The smallest absolute Gasteiger partial charge is 0.331 e. The van der Waals surface area contributed by atoms with Crippen LogP contribution in [0.5, 0.6) is 17.2 Å². The van der Waals surface area contributed by atoms with Gasteiger partial charge in [-0.25, -0.2) is 4.79 Å². The fourth-order valence-corrected chi connectivity index (χ4v) is 4.42. The molecule has 0 radical (unpaired) electrons. The molecule has 0 spiro atoms. The zero-order valence-electron chi connectivity index (χ0n) is 18.5. The van der Waals surface area contributed by atoms with Gasteiger partial charge in [0.1, 0.15) is 5.54 Å². The summed E-state index contributed by atoms with van der Waals surface area (Å²) < 4.78 is 21.0. The zero-order valence-corrected chi connectivity index (χ0v) is 18.5. The number of carbonyl (C=O) groups excluding carboxylic acids is 3. The van der Waals surface area contributed by atoms with Crippen LogP contribution < -0.4 is 24.4 Å². The summed E-state index contributed by atoms with van der Waals surface area (Å²) in [6, 6.07) is 3.35. The summed E-state index contributed by atoms with van der Waals surface area (Å²) in [5, 5.41) is 2.92. The second-order valence-electron chi connectivity index (χ2n) is 7.91. The SMILES string of the molecule is COC(=O)C1(NC(=O)C2CC(=O)N(c3cc(OC)c(OC)c(OC)c3)C2)CCCCC1. The molecule has 2 aliphatic rings. The van der Waals surface area contributed by atoms with Gasteiger partial charge < -0.3 is 29.2 Å². The molecule has 3 rings (SSSR count). The van der Waals surface area contributed by atoms with Gasteiger partial charge in [0.15, 0.2) is 11.5 Å². The highest BCUT2D eigenvalue weighted by molar-refractivity contribution is 6.01. The van der Waals surface area contributed by atoms with Crippen molar-refractivity contribution in [1.29, 1.82) is 0 Å². The number of hydrogen-bond acceptors (Lipinski definition) is 7. The zero-order chi connectivity index (χ0) is 22.6. The molecule has 0 bridgehead atoms. The summed E-state index contributed by atoms with van der Waals surface area (Å²) >= 11 is 0. The number of nitrogens with zero attached hydrogens (tertiary/aromatic N) is 1. The third-order valence-corrected chi connectivity index (χ3v) is 6.10. The van der Waals surface area contributed by atoms with Crippen LogP contribution in [0.25, 0.3) is 0 Å². The monoisotopic (exact) mass is 434 g/mol. The van der Waals surface area contributed by atoms with Crippen molar-refractivity contribution in [3.05, 3.63) is 12.1 Å². The van der Waals surface area contributed by atoms with E-state index >= 15 is 0 Å². The van der Waals surface area contributed by atoms with Gasteiger partial charge in [-0.1, -0.05) is 19.3 Å². The molecule has 1 unspecified atom stereocenters. The molecule has 170 valence electrons. The number of carbonyl (C=O) groups is 3. The maximum absolute atomic E-state index is 13.0. The molecule has 9 heteroatoms. The van der Waals surface area contributed by atoms with Gasteiger partial charge in [-0.2, -0.15) is 0 Å². The number of esters is 1. The lowest BCUT2D eigenvalue weighted by Crippen LogP contribution is -2.57. The number of benzene rings is 1. The average Bonchev–Trinajstić information content (AvgIpc) is 3.19. The van der Waals surface area contributed by atoms with E-state index in [2.05, 4.69) is 5.32 Å². The van der Waals surface area contributed by atoms with Crippen LogP contribution in [0.4, 0.5) is 5.69 Å². The Morgan fingerprint density at radius 2 is 1.61 bits per heavy atom. The van der Waals surface area contributed by atoms with Crippen molar-refractivity contribution >= 4 is 23.5 Å². The second-order valence-corrected chi connectivity index (χ2v) is 7.91. The van der Waals surface area contributed by atoms with Gasteiger partial charge in [0.25, 0.3) is 0 Å². The van der Waals surface area contributed by atoms with E-state index in [0.29, 0.717) is 35.8 Å². The van der Waals surface area contributed by atoms with Crippen LogP contribution in [0.3, 0.4) is 0 Å². The minimum absolute atomic E-state index is 0.0553. The summed E-state index contributed by atoms with van der Waals surface area (Å²) in [4.78, 5) is 39.8. The Hall–Kier alpha value is -2.97. The van der Waals surface area contributed by atoms with E-state index in [1.807, 2.05) is 0 Å². The summed E-state index contributed by atoms with van der Waals surface area (Å²) in [5.74, 6) is -0.233. The molecule has 1 heterocycles. The lowest BCUT2D eigenvalue weighted by molar-refractivity contribution is -0.153. The molecule has 1 atom stereocenters. The van der Waals surface area contributed by atoms with Gasteiger partial charge >= 0.3 is 5.97 Å². The standard InChI is InChI=1S/C22H30N2O7/c1-28-16-11-15(12-17(29-2)19(16)30-3)24-13-14(10-18(24)25)20(26)23-22(21(27)31-4)8-6-5-7-9-22/h11-12,14H,5-10,13H2,1-4H3,(H,23,26). The van der Waals surface area contributed by atoms with Crippen LogP contribution in [0, 0.1) is 5.92 Å². The molecular weight excluding hydrogens is 404 g/mol. The summed E-state index contributed by atoms with van der Waals surface area (Å²) in [6.07, 6.45) is 3.85. The number of hydrogen-bond donors (Lipinski definition) is 1. The molecule has 9 nitrogen and oxygen atoms in total. The molecule has 1 saturated carbocycles. The summed E-state index contributed by atoms with van der Waals surface area (Å²) in [5.41, 5.74) is -0.456. The van der Waals surface area contributed by atoms with E-state index in [4.69, 9.17) is 18.9 Å². The molecule has 0 aromatic heterocycles. The first-order valence-electron chi connectivity index (χ1n) is 10.4. The van der Waals surface area contributed by atoms with Crippen LogP contribution in [0.1, 0.15) is 38.5 Å². The molecule has 1 aromatic carbocycles. The van der Waals surface area contributed by atoms with Crippen LogP contribution in [0.2, 0.25) is 0 Å². The Balaban J connectivity index is 1.80. The summed E-state index contributed by atoms with van der Waals surface area (Å²) in [7, 11) is 5.83. The number of amides is 2. The van der Waals surface area contributed by atoms with Gasteiger partial charge in [0, 0.05) is 25.1 Å². The molecule has 31 heavy (non-hydrogen) atoms. The number of nitrogens with one attached hydrogen (secondary N) is 1.